The van der Waals surface area contributed by atoms with E-state index in [1.54, 1.807) is 0 Å². The highest BCUT2D eigenvalue weighted by Crippen LogP contribution is 2.40. The lowest BCUT2D eigenvalue weighted by molar-refractivity contribution is 0.744. The Morgan fingerprint density at radius 1 is 0.429 bits per heavy atom. The normalized spacial score (nSPS) is 11.4. The number of rotatable bonds is 8. The van der Waals surface area contributed by atoms with Crippen LogP contribution in [-0.4, -0.2) is 29.9 Å². The van der Waals surface area contributed by atoms with Crippen molar-refractivity contribution in [1.82, 2.24) is 29.9 Å². The summed E-state index contributed by atoms with van der Waals surface area (Å²) in [6.07, 6.45) is 7.34. The predicted octanol–water partition coefficient (Wildman–Crippen LogP) is 7.19. The van der Waals surface area contributed by atoms with E-state index in [4.69, 9.17) is 29.9 Å². The van der Waals surface area contributed by atoms with E-state index < -0.39 is 0 Å². The predicted molar refractivity (Wildman–Crippen MR) is 164 cm³/mol. The third kappa shape index (κ3) is 5.56. The highest BCUT2D eigenvalue weighted by molar-refractivity contribution is 5.47. The summed E-state index contributed by atoms with van der Waals surface area (Å²) in [7, 11) is 0. The molecule has 6 rings (SSSR count). The van der Waals surface area contributed by atoms with Crippen molar-refractivity contribution in [2.75, 3.05) is 0 Å². The van der Waals surface area contributed by atoms with Crippen molar-refractivity contribution in [3.05, 3.63) is 179 Å². The van der Waals surface area contributed by atoms with Crippen LogP contribution in [0.15, 0.2) is 122 Å². The lowest BCUT2D eigenvalue weighted by Gasteiger charge is -2.26. The van der Waals surface area contributed by atoms with E-state index in [1.807, 2.05) is 87.2 Å². The SMILES string of the molecule is Cc1ccc(C(c2ccccn2)c2ccccn2)c(C(C)c2nc(C)ccc2C(c2ccccn2)c2ccccn2)n1. The molecule has 0 aliphatic heterocycles. The molecule has 0 saturated heterocycles. The van der Waals surface area contributed by atoms with Crippen LogP contribution in [-0.2, 0) is 0 Å². The van der Waals surface area contributed by atoms with Crippen LogP contribution in [0.4, 0.5) is 0 Å². The molecule has 0 saturated carbocycles. The maximum Gasteiger partial charge on any atom is 0.0703 e. The fourth-order valence-corrected chi connectivity index (χ4v) is 5.61. The van der Waals surface area contributed by atoms with E-state index in [0.29, 0.717) is 0 Å². The number of nitrogens with zero attached hydrogens (tertiary/aromatic N) is 6. The van der Waals surface area contributed by atoms with Gasteiger partial charge in [0.05, 0.1) is 46.0 Å². The average Bonchev–Trinajstić information content (AvgIpc) is 3.04. The molecule has 0 spiro atoms. The van der Waals surface area contributed by atoms with Crippen molar-refractivity contribution in [2.24, 2.45) is 0 Å². The number of hydrogen-bond donors (Lipinski definition) is 0. The molecular formula is C36H32N6. The Morgan fingerprint density at radius 3 is 1.05 bits per heavy atom. The molecule has 0 unspecified atom stereocenters. The van der Waals surface area contributed by atoms with Gasteiger partial charge in [0.15, 0.2) is 0 Å². The van der Waals surface area contributed by atoms with E-state index in [2.05, 4.69) is 55.5 Å². The summed E-state index contributed by atoms with van der Waals surface area (Å²) >= 11 is 0. The minimum atomic E-state index is -0.186. The van der Waals surface area contributed by atoms with Crippen molar-refractivity contribution < 1.29 is 0 Å². The highest BCUT2D eigenvalue weighted by Gasteiger charge is 2.30. The van der Waals surface area contributed by atoms with E-state index in [0.717, 1.165) is 56.7 Å². The summed E-state index contributed by atoms with van der Waals surface area (Å²) in [5.74, 6) is -0.512. The van der Waals surface area contributed by atoms with Gasteiger partial charge in [-0.3, -0.25) is 29.9 Å². The van der Waals surface area contributed by atoms with Gasteiger partial charge in [-0.2, -0.15) is 0 Å². The minimum absolute atomic E-state index is 0.139. The summed E-state index contributed by atoms with van der Waals surface area (Å²) < 4.78 is 0. The number of pyridine rings is 6. The molecule has 0 aromatic carbocycles. The second-order valence-corrected chi connectivity index (χ2v) is 10.5. The Labute approximate surface area is 246 Å². The second-order valence-electron chi connectivity index (χ2n) is 10.5. The van der Waals surface area contributed by atoms with E-state index in [-0.39, 0.29) is 17.8 Å². The van der Waals surface area contributed by atoms with Crippen molar-refractivity contribution in [2.45, 2.75) is 38.5 Å². The molecule has 0 amide bonds. The summed E-state index contributed by atoms with van der Waals surface area (Å²) in [6.45, 7) is 6.26. The van der Waals surface area contributed by atoms with Gasteiger partial charge in [-0.15, -0.1) is 0 Å². The zero-order chi connectivity index (χ0) is 28.9. The zero-order valence-electron chi connectivity index (χ0n) is 24.0. The Kier molecular flexibility index (Phi) is 7.86. The molecule has 6 heterocycles. The van der Waals surface area contributed by atoms with Crippen molar-refractivity contribution in [3.63, 3.8) is 0 Å². The first-order valence-corrected chi connectivity index (χ1v) is 14.2. The van der Waals surface area contributed by atoms with Crippen LogP contribution in [0.25, 0.3) is 0 Å². The first-order valence-electron chi connectivity index (χ1n) is 14.2. The number of hydrogen-bond acceptors (Lipinski definition) is 6. The molecular weight excluding hydrogens is 516 g/mol. The van der Waals surface area contributed by atoms with Crippen LogP contribution >= 0.6 is 0 Å². The van der Waals surface area contributed by atoms with Crippen LogP contribution in [0.5, 0.6) is 0 Å². The van der Waals surface area contributed by atoms with Gasteiger partial charge in [0.1, 0.15) is 0 Å². The quantitative estimate of drug-likeness (QED) is 0.200. The molecule has 0 bridgehead atoms. The molecule has 0 fully saturated rings. The van der Waals surface area contributed by atoms with Crippen LogP contribution in [0.1, 0.15) is 81.4 Å². The van der Waals surface area contributed by atoms with Crippen molar-refractivity contribution in [1.29, 1.82) is 0 Å². The molecule has 6 nitrogen and oxygen atoms in total. The molecule has 0 aliphatic rings. The van der Waals surface area contributed by atoms with Gasteiger partial charge in [0.25, 0.3) is 0 Å². The van der Waals surface area contributed by atoms with E-state index in [9.17, 15) is 0 Å². The molecule has 6 heteroatoms. The number of aromatic nitrogens is 6. The summed E-state index contributed by atoms with van der Waals surface area (Å²) in [5.41, 5.74) is 9.62. The van der Waals surface area contributed by atoms with Gasteiger partial charge >= 0.3 is 0 Å². The molecule has 0 atom stereocenters. The lowest BCUT2D eigenvalue weighted by atomic mass is 9.82. The molecule has 42 heavy (non-hydrogen) atoms. The Morgan fingerprint density at radius 2 is 0.762 bits per heavy atom. The molecule has 0 N–H and O–H groups in total. The van der Waals surface area contributed by atoms with Crippen molar-refractivity contribution >= 4 is 0 Å². The first-order chi connectivity index (χ1) is 20.6. The molecule has 6 aromatic heterocycles. The largest absolute Gasteiger partial charge is 0.260 e. The van der Waals surface area contributed by atoms with Gasteiger partial charge in [-0.1, -0.05) is 43.3 Å². The van der Waals surface area contributed by atoms with Gasteiger partial charge in [0.2, 0.25) is 0 Å². The van der Waals surface area contributed by atoms with E-state index in [1.165, 1.54) is 0 Å². The third-order valence-corrected chi connectivity index (χ3v) is 7.57. The average molecular weight is 549 g/mol. The zero-order valence-corrected chi connectivity index (χ0v) is 24.0. The summed E-state index contributed by atoms with van der Waals surface area (Å²) in [6, 6.07) is 32.6. The molecule has 206 valence electrons. The van der Waals surface area contributed by atoms with Crippen molar-refractivity contribution in [3.8, 4) is 0 Å². The van der Waals surface area contributed by atoms with Crippen LogP contribution < -0.4 is 0 Å². The fraction of sp³-hybridized carbons (Fsp3) is 0.167. The third-order valence-electron chi connectivity index (χ3n) is 7.57. The summed E-state index contributed by atoms with van der Waals surface area (Å²) in [4.78, 5) is 29.4. The Balaban J connectivity index is 1.55. The number of aryl methyl sites for hydroxylation is 2. The van der Waals surface area contributed by atoms with Crippen LogP contribution in [0, 0.1) is 13.8 Å². The van der Waals surface area contributed by atoms with Gasteiger partial charge < -0.3 is 0 Å². The molecule has 0 aliphatic carbocycles. The topological polar surface area (TPSA) is 77.3 Å². The molecule has 6 aromatic rings. The van der Waals surface area contributed by atoms with Gasteiger partial charge in [-0.25, -0.2) is 0 Å². The maximum absolute atomic E-state index is 5.17. The highest BCUT2D eigenvalue weighted by atomic mass is 14.8. The second kappa shape index (κ2) is 12.2. The fourth-order valence-electron chi connectivity index (χ4n) is 5.61. The van der Waals surface area contributed by atoms with Crippen LogP contribution in [0.3, 0.4) is 0 Å². The Hall–Kier alpha value is -5.10. The monoisotopic (exact) mass is 548 g/mol. The lowest BCUT2D eigenvalue weighted by Crippen LogP contribution is -2.17. The standard InChI is InChI=1S/C36H32N6/c1-24-16-18-27(33(29-12-4-8-20-37-29)30-13-5-9-21-38-30)35(41-24)26(3)36-28(19-17-25(2)42-36)34(31-14-6-10-22-39-31)32-15-7-11-23-40-32/h4-23,26,33-34H,1-3H3. The van der Waals surface area contributed by atoms with Gasteiger partial charge in [0, 0.05) is 42.1 Å². The van der Waals surface area contributed by atoms with Crippen LogP contribution in [0.2, 0.25) is 0 Å². The first kappa shape index (κ1) is 27.1. The maximum atomic E-state index is 5.17. The van der Waals surface area contributed by atoms with Gasteiger partial charge in [-0.05, 0) is 85.6 Å². The molecule has 0 radical (unpaired) electrons. The van der Waals surface area contributed by atoms with E-state index >= 15 is 0 Å². The Bertz CT molecular complexity index is 1550. The minimum Gasteiger partial charge on any atom is -0.260 e. The summed E-state index contributed by atoms with van der Waals surface area (Å²) in [5, 5.41) is 0. The smallest absolute Gasteiger partial charge is 0.0703 e.